The van der Waals surface area contributed by atoms with Gasteiger partial charge in [-0.1, -0.05) is 25.5 Å². The maximum atomic E-state index is 12.4. The first-order valence-electron chi connectivity index (χ1n) is 14.4. The molecule has 1 aliphatic heterocycles. The van der Waals surface area contributed by atoms with Crippen molar-refractivity contribution in [3.05, 3.63) is 46.0 Å². The minimum Gasteiger partial charge on any atom is -0.431 e. The first kappa shape index (κ1) is 25.8. The number of aliphatic hydroxyl groups excluding tert-OH is 1. The zero-order chi connectivity index (χ0) is 26.2. The summed E-state index contributed by atoms with van der Waals surface area (Å²) >= 11 is 0. The van der Waals surface area contributed by atoms with Crippen molar-refractivity contribution < 1.29 is 19.4 Å². The summed E-state index contributed by atoms with van der Waals surface area (Å²) in [5.41, 5.74) is 7.51. The van der Waals surface area contributed by atoms with Gasteiger partial charge in [-0.3, -0.25) is 5.32 Å². The Morgan fingerprint density at radius 3 is 2.62 bits per heavy atom. The molecule has 0 aromatic carbocycles. The SMILES string of the molecule is C[C@@H]1O[C@@H](N[C@@H]2C=C3CC[C@@H]4[C@H](CC[C@]5(C)[C@@H](c6ccc(=O)oc6)CC[C@]45O)[C@@]3(C)CC2)C[C@H](O)[C@H]1N. The van der Waals surface area contributed by atoms with E-state index in [0.29, 0.717) is 12.3 Å². The van der Waals surface area contributed by atoms with Gasteiger partial charge in [0.05, 0.1) is 30.1 Å². The zero-order valence-electron chi connectivity index (χ0n) is 22.5. The number of hydrogen-bond acceptors (Lipinski definition) is 7. The Hall–Kier alpha value is -1.51. The van der Waals surface area contributed by atoms with E-state index in [2.05, 4.69) is 25.2 Å². The molecular formula is C30H44N2O5. The molecule has 3 saturated carbocycles. The quantitative estimate of drug-likeness (QED) is 0.457. The Kier molecular flexibility index (Phi) is 6.28. The predicted octanol–water partition coefficient (Wildman–Crippen LogP) is 3.58. The van der Waals surface area contributed by atoms with Gasteiger partial charge in [-0.15, -0.1) is 0 Å². The summed E-state index contributed by atoms with van der Waals surface area (Å²) in [6, 6.07) is 3.32. The van der Waals surface area contributed by atoms with Gasteiger partial charge in [0.25, 0.3) is 0 Å². The largest absolute Gasteiger partial charge is 0.431 e. The summed E-state index contributed by atoms with van der Waals surface area (Å²) in [5.74, 6) is 0.983. The molecule has 6 rings (SSSR count). The lowest BCUT2D eigenvalue weighted by Crippen LogP contribution is -2.61. The highest BCUT2D eigenvalue weighted by atomic mass is 16.5. The zero-order valence-corrected chi connectivity index (χ0v) is 22.5. The van der Waals surface area contributed by atoms with E-state index in [9.17, 15) is 15.0 Å². The van der Waals surface area contributed by atoms with Gasteiger partial charge in [-0.05, 0) is 93.1 Å². The number of fused-ring (bicyclic) bond motifs is 5. The molecule has 0 spiro atoms. The molecule has 0 radical (unpaired) electrons. The molecule has 0 bridgehead atoms. The van der Waals surface area contributed by atoms with E-state index >= 15 is 0 Å². The first-order chi connectivity index (χ1) is 17.5. The Morgan fingerprint density at radius 1 is 1.08 bits per heavy atom. The van der Waals surface area contributed by atoms with Crippen molar-refractivity contribution in [2.24, 2.45) is 28.4 Å². The maximum Gasteiger partial charge on any atom is 0.335 e. The normalized spacial score (nSPS) is 49.5. The molecule has 11 atom stereocenters. The van der Waals surface area contributed by atoms with Crippen LogP contribution in [-0.4, -0.2) is 46.3 Å². The predicted molar refractivity (Wildman–Crippen MR) is 141 cm³/mol. The molecule has 2 heterocycles. The van der Waals surface area contributed by atoms with E-state index in [1.54, 1.807) is 6.26 Å². The third-order valence-electron chi connectivity index (χ3n) is 11.6. The summed E-state index contributed by atoms with van der Waals surface area (Å²) in [6.07, 6.45) is 11.7. The Labute approximate surface area is 219 Å². The van der Waals surface area contributed by atoms with Gasteiger partial charge < -0.3 is 25.1 Å². The number of ether oxygens (including phenoxy) is 1. The fourth-order valence-corrected chi connectivity index (χ4v) is 9.37. The maximum absolute atomic E-state index is 12.4. The second kappa shape index (κ2) is 9.02. The molecule has 37 heavy (non-hydrogen) atoms. The van der Waals surface area contributed by atoms with Gasteiger partial charge in [-0.2, -0.15) is 0 Å². The number of allylic oxidation sites excluding steroid dienone is 1. The molecule has 4 fully saturated rings. The van der Waals surface area contributed by atoms with Crippen LogP contribution in [0.1, 0.15) is 90.0 Å². The Morgan fingerprint density at radius 2 is 1.89 bits per heavy atom. The molecule has 7 heteroatoms. The van der Waals surface area contributed by atoms with Crippen LogP contribution in [0, 0.1) is 22.7 Å². The van der Waals surface area contributed by atoms with Gasteiger partial charge in [0.2, 0.25) is 0 Å². The molecule has 1 saturated heterocycles. The van der Waals surface area contributed by atoms with Crippen LogP contribution in [0.5, 0.6) is 0 Å². The smallest absolute Gasteiger partial charge is 0.335 e. The average molecular weight is 513 g/mol. The van der Waals surface area contributed by atoms with Gasteiger partial charge in [0.15, 0.2) is 0 Å². The number of aliphatic hydroxyl groups is 2. The minimum atomic E-state index is -0.693. The Balaban J connectivity index is 1.21. The van der Waals surface area contributed by atoms with Crippen molar-refractivity contribution in [1.29, 1.82) is 0 Å². The van der Waals surface area contributed by atoms with E-state index in [1.807, 2.05) is 13.0 Å². The van der Waals surface area contributed by atoms with Crippen molar-refractivity contribution >= 4 is 0 Å². The molecule has 0 unspecified atom stereocenters. The van der Waals surface area contributed by atoms with Crippen LogP contribution >= 0.6 is 0 Å². The first-order valence-corrected chi connectivity index (χ1v) is 14.4. The number of nitrogens with one attached hydrogen (secondary N) is 1. The lowest BCUT2D eigenvalue weighted by atomic mass is 9.45. The van der Waals surface area contributed by atoms with Crippen LogP contribution in [-0.2, 0) is 4.74 Å². The third-order valence-corrected chi connectivity index (χ3v) is 11.6. The fourth-order valence-electron chi connectivity index (χ4n) is 9.37. The standard InChI is InChI=1S/C30H44N2O5/c1-17-27(31)24(33)15-25(37-17)32-20-8-11-28(2)19(14-20)5-6-23-22(28)9-12-29(3)21(10-13-30(23,29)35)18-4-7-26(34)36-16-18/h4,7,14,16-17,20-25,27,32-33,35H,5-6,8-13,15,31H2,1-3H3/t17-,20-,21+,22-,23+,24-,25+,27-,28-,29+,30-/m0/s1. The van der Waals surface area contributed by atoms with Crippen molar-refractivity contribution in [1.82, 2.24) is 5.32 Å². The van der Waals surface area contributed by atoms with E-state index in [0.717, 1.165) is 56.9 Å². The van der Waals surface area contributed by atoms with E-state index in [1.165, 1.54) is 11.6 Å². The molecule has 5 N–H and O–H groups in total. The van der Waals surface area contributed by atoms with Crippen molar-refractivity contribution in [2.75, 3.05) is 0 Å². The molecule has 5 aliphatic rings. The van der Waals surface area contributed by atoms with Crippen LogP contribution in [0.2, 0.25) is 0 Å². The highest BCUT2D eigenvalue weighted by Gasteiger charge is 2.66. The highest BCUT2D eigenvalue weighted by molar-refractivity contribution is 5.31. The molecule has 204 valence electrons. The highest BCUT2D eigenvalue weighted by Crippen LogP contribution is 2.70. The lowest BCUT2D eigenvalue weighted by molar-refractivity contribution is -0.177. The van der Waals surface area contributed by atoms with Crippen LogP contribution in [0.3, 0.4) is 0 Å². The second-order valence-corrected chi connectivity index (χ2v) is 13.2. The molecule has 7 nitrogen and oxygen atoms in total. The Bertz CT molecular complexity index is 1090. The van der Waals surface area contributed by atoms with Gasteiger partial charge in [0.1, 0.15) is 6.23 Å². The topological polar surface area (TPSA) is 118 Å². The summed E-state index contributed by atoms with van der Waals surface area (Å²) < 4.78 is 11.3. The van der Waals surface area contributed by atoms with Crippen LogP contribution in [0.4, 0.5) is 0 Å². The molecular weight excluding hydrogens is 468 g/mol. The molecule has 0 amide bonds. The summed E-state index contributed by atoms with van der Waals surface area (Å²) in [4.78, 5) is 11.5. The third kappa shape index (κ3) is 3.91. The van der Waals surface area contributed by atoms with E-state index < -0.39 is 11.7 Å². The molecule has 1 aromatic rings. The van der Waals surface area contributed by atoms with Crippen molar-refractivity contribution in [3.8, 4) is 0 Å². The fraction of sp³-hybridized carbons (Fsp3) is 0.767. The van der Waals surface area contributed by atoms with Gasteiger partial charge >= 0.3 is 5.63 Å². The van der Waals surface area contributed by atoms with Crippen LogP contribution < -0.4 is 16.7 Å². The molecule has 4 aliphatic carbocycles. The number of rotatable bonds is 3. The lowest BCUT2D eigenvalue weighted by Gasteiger charge is -2.62. The monoisotopic (exact) mass is 512 g/mol. The van der Waals surface area contributed by atoms with Gasteiger partial charge in [0, 0.05) is 23.9 Å². The van der Waals surface area contributed by atoms with Crippen LogP contribution in [0.25, 0.3) is 0 Å². The van der Waals surface area contributed by atoms with E-state index in [-0.39, 0.29) is 52.7 Å². The van der Waals surface area contributed by atoms with E-state index in [4.69, 9.17) is 14.9 Å². The minimum absolute atomic E-state index is 0.109. The number of hydrogen-bond donors (Lipinski definition) is 4. The van der Waals surface area contributed by atoms with Crippen molar-refractivity contribution in [3.63, 3.8) is 0 Å². The van der Waals surface area contributed by atoms with Crippen LogP contribution in [0.15, 0.2) is 39.3 Å². The van der Waals surface area contributed by atoms with Gasteiger partial charge in [-0.25, -0.2) is 4.79 Å². The number of nitrogens with two attached hydrogens (primary N) is 1. The summed E-state index contributed by atoms with van der Waals surface area (Å²) in [7, 11) is 0. The summed E-state index contributed by atoms with van der Waals surface area (Å²) in [6.45, 7) is 6.66. The average Bonchev–Trinajstić information content (AvgIpc) is 3.14. The second-order valence-electron chi connectivity index (χ2n) is 13.2. The molecule has 1 aromatic heterocycles. The summed E-state index contributed by atoms with van der Waals surface area (Å²) in [5, 5.41) is 26.4. The van der Waals surface area contributed by atoms with Crippen molar-refractivity contribution in [2.45, 2.75) is 121 Å².